The van der Waals surface area contributed by atoms with Crippen molar-refractivity contribution in [1.82, 2.24) is 4.90 Å². The van der Waals surface area contributed by atoms with Gasteiger partial charge in [0.2, 0.25) is 5.91 Å². The van der Waals surface area contributed by atoms with Gasteiger partial charge in [0.25, 0.3) is 0 Å². The van der Waals surface area contributed by atoms with Crippen LogP contribution in [0.5, 0.6) is 0 Å². The van der Waals surface area contributed by atoms with Crippen LogP contribution in [0.4, 0.5) is 0 Å². The number of hydrogen-bond donors (Lipinski definition) is 0. The molecule has 0 bridgehead atoms. The van der Waals surface area contributed by atoms with E-state index in [4.69, 9.17) is 0 Å². The highest BCUT2D eigenvalue weighted by Gasteiger charge is 2.39. The van der Waals surface area contributed by atoms with Crippen molar-refractivity contribution in [2.75, 3.05) is 30.1 Å². The fourth-order valence-electron chi connectivity index (χ4n) is 2.54. The topological polar surface area (TPSA) is 88.6 Å². The molecule has 18 heavy (non-hydrogen) atoms. The van der Waals surface area contributed by atoms with Gasteiger partial charge in [-0.2, -0.15) is 0 Å². The molecular formula is C10H17NO5S2. The van der Waals surface area contributed by atoms with Crippen molar-refractivity contribution in [1.29, 1.82) is 0 Å². The van der Waals surface area contributed by atoms with Gasteiger partial charge >= 0.3 is 0 Å². The van der Waals surface area contributed by atoms with Gasteiger partial charge in [-0.15, -0.1) is 0 Å². The van der Waals surface area contributed by atoms with Crippen LogP contribution in [0, 0.1) is 5.92 Å². The van der Waals surface area contributed by atoms with E-state index in [0.29, 0.717) is 12.8 Å². The second-order valence-corrected chi connectivity index (χ2v) is 9.56. The first kappa shape index (κ1) is 13.8. The molecule has 2 atom stereocenters. The maximum atomic E-state index is 12.1. The van der Waals surface area contributed by atoms with Crippen molar-refractivity contribution in [3.8, 4) is 0 Å². The highest BCUT2D eigenvalue weighted by atomic mass is 32.2. The average molecular weight is 295 g/mol. The van der Waals surface area contributed by atoms with Crippen LogP contribution in [0.2, 0.25) is 0 Å². The lowest BCUT2D eigenvalue weighted by Crippen LogP contribution is -2.41. The second-order valence-electron chi connectivity index (χ2n) is 5.11. The van der Waals surface area contributed by atoms with Gasteiger partial charge in [0.05, 0.1) is 28.9 Å². The molecule has 0 aromatic heterocycles. The summed E-state index contributed by atoms with van der Waals surface area (Å²) < 4.78 is 45.4. The third kappa shape index (κ3) is 2.85. The Morgan fingerprint density at radius 1 is 1.00 bits per heavy atom. The molecule has 2 aliphatic heterocycles. The zero-order valence-corrected chi connectivity index (χ0v) is 11.8. The lowest BCUT2D eigenvalue weighted by Gasteiger charge is -2.25. The Morgan fingerprint density at radius 3 is 2.00 bits per heavy atom. The van der Waals surface area contributed by atoms with E-state index in [1.807, 2.05) is 0 Å². The van der Waals surface area contributed by atoms with Crippen molar-refractivity contribution in [2.45, 2.75) is 18.9 Å². The number of rotatable bonds is 2. The summed E-state index contributed by atoms with van der Waals surface area (Å²) in [6, 6.07) is -0.300. The van der Waals surface area contributed by atoms with Gasteiger partial charge in [-0.3, -0.25) is 4.79 Å². The Kier molecular flexibility index (Phi) is 3.44. The van der Waals surface area contributed by atoms with Gasteiger partial charge < -0.3 is 4.90 Å². The van der Waals surface area contributed by atoms with Crippen LogP contribution in [-0.2, 0) is 24.5 Å². The zero-order valence-electron chi connectivity index (χ0n) is 10.2. The summed E-state index contributed by atoms with van der Waals surface area (Å²) in [4.78, 5) is 13.5. The van der Waals surface area contributed by atoms with Crippen LogP contribution in [0.3, 0.4) is 0 Å². The van der Waals surface area contributed by atoms with Gasteiger partial charge in [0.15, 0.2) is 19.7 Å². The average Bonchev–Trinajstić information content (AvgIpc) is 2.79. The third-order valence-electron chi connectivity index (χ3n) is 3.69. The number of carbonyl (C=O) groups is 1. The van der Waals surface area contributed by atoms with Crippen molar-refractivity contribution >= 4 is 25.6 Å². The minimum absolute atomic E-state index is 0.00525. The largest absolute Gasteiger partial charge is 0.341 e. The molecule has 0 aliphatic carbocycles. The van der Waals surface area contributed by atoms with E-state index in [0.717, 1.165) is 0 Å². The first-order chi connectivity index (χ1) is 8.20. The predicted molar refractivity (Wildman–Crippen MR) is 66.6 cm³/mol. The van der Waals surface area contributed by atoms with Crippen LogP contribution < -0.4 is 0 Å². The Hall–Kier alpha value is -0.630. The molecule has 2 saturated heterocycles. The smallest absolute Gasteiger partial charge is 0.226 e. The Morgan fingerprint density at radius 2 is 1.56 bits per heavy atom. The van der Waals surface area contributed by atoms with E-state index >= 15 is 0 Å². The van der Waals surface area contributed by atoms with Crippen LogP contribution in [0.1, 0.15) is 12.8 Å². The summed E-state index contributed by atoms with van der Waals surface area (Å²) in [6.07, 6.45) is 0.801. The van der Waals surface area contributed by atoms with Crippen LogP contribution in [0.15, 0.2) is 0 Å². The zero-order chi connectivity index (χ0) is 13.6. The molecule has 0 saturated carbocycles. The molecule has 0 N–H and O–H groups in total. The van der Waals surface area contributed by atoms with E-state index in [2.05, 4.69) is 0 Å². The standard InChI is InChI=1S/C10H17NO5S2/c1-11(9-3-5-18(15,16)7-9)10(12)8-2-4-17(13,14)6-8/h8-9H,2-7H2,1H3. The maximum Gasteiger partial charge on any atom is 0.226 e. The molecule has 6 nitrogen and oxygen atoms in total. The molecule has 2 rings (SSSR count). The van der Waals surface area contributed by atoms with E-state index in [1.165, 1.54) is 4.90 Å². The Balaban J connectivity index is 2.02. The van der Waals surface area contributed by atoms with Gasteiger partial charge in [-0.25, -0.2) is 16.8 Å². The third-order valence-corrected chi connectivity index (χ3v) is 7.20. The van der Waals surface area contributed by atoms with Gasteiger partial charge in [0, 0.05) is 13.1 Å². The number of sulfone groups is 2. The number of hydrogen-bond acceptors (Lipinski definition) is 5. The number of amides is 1. The van der Waals surface area contributed by atoms with Crippen molar-refractivity contribution < 1.29 is 21.6 Å². The summed E-state index contributed by atoms with van der Waals surface area (Å²) in [6.45, 7) is 0. The molecule has 2 fully saturated rings. The quantitative estimate of drug-likeness (QED) is 0.656. The molecule has 2 heterocycles. The maximum absolute atomic E-state index is 12.1. The molecular weight excluding hydrogens is 278 g/mol. The van der Waals surface area contributed by atoms with Gasteiger partial charge in [-0.1, -0.05) is 0 Å². The summed E-state index contributed by atoms with van der Waals surface area (Å²) >= 11 is 0. The fourth-order valence-corrected chi connectivity index (χ4v) is 6.05. The van der Waals surface area contributed by atoms with Crippen LogP contribution >= 0.6 is 0 Å². The van der Waals surface area contributed by atoms with Crippen molar-refractivity contribution in [3.63, 3.8) is 0 Å². The molecule has 0 aromatic rings. The molecule has 104 valence electrons. The fraction of sp³-hybridized carbons (Fsp3) is 0.900. The van der Waals surface area contributed by atoms with E-state index in [-0.39, 0.29) is 35.0 Å². The monoisotopic (exact) mass is 295 g/mol. The molecule has 2 unspecified atom stereocenters. The minimum atomic E-state index is -3.09. The summed E-state index contributed by atoms with van der Waals surface area (Å²) in [5.41, 5.74) is 0. The summed E-state index contributed by atoms with van der Waals surface area (Å²) in [7, 11) is -4.55. The first-order valence-electron chi connectivity index (χ1n) is 5.88. The first-order valence-corrected chi connectivity index (χ1v) is 9.52. The predicted octanol–water partition coefficient (Wildman–Crippen LogP) is -0.933. The molecule has 1 amide bonds. The second kappa shape index (κ2) is 4.48. The van der Waals surface area contributed by atoms with Crippen LogP contribution in [-0.4, -0.2) is 63.7 Å². The van der Waals surface area contributed by atoms with Crippen molar-refractivity contribution in [3.05, 3.63) is 0 Å². The lowest BCUT2D eigenvalue weighted by molar-refractivity contribution is -0.135. The Labute approximate surface area is 107 Å². The SMILES string of the molecule is CN(C(=O)C1CCS(=O)(=O)C1)C1CCS(=O)(=O)C1. The van der Waals surface area contributed by atoms with E-state index in [1.54, 1.807) is 7.05 Å². The van der Waals surface area contributed by atoms with E-state index < -0.39 is 25.6 Å². The van der Waals surface area contributed by atoms with Gasteiger partial charge in [0.1, 0.15) is 0 Å². The van der Waals surface area contributed by atoms with E-state index in [9.17, 15) is 21.6 Å². The van der Waals surface area contributed by atoms with Crippen LogP contribution in [0.25, 0.3) is 0 Å². The lowest BCUT2D eigenvalue weighted by atomic mass is 10.1. The minimum Gasteiger partial charge on any atom is -0.341 e. The Bertz CT molecular complexity index is 551. The number of nitrogens with zero attached hydrogens (tertiary/aromatic N) is 1. The number of carbonyl (C=O) groups excluding carboxylic acids is 1. The molecule has 8 heteroatoms. The normalized spacial score (nSPS) is 33.4. The van der Waals surface area contributed by atoms with Gasteiger partial charge in [-0.05, 0) is 12.8 Å². The molecule has 2 aliphatic rings. The van der Waals surface area contributed by atoms with Crippen molar-refractivity contribution in [2.24, 2.45) is 5.92 Å². The molecule has 0 radical (unpaired) electrons. The highest BCUT2D eigenvalue weighted by Crippen LogP contribution is 2.24. The molecule has 0 aromatic carbocycles. The molecule has 0 spiro atoms. The summed E-state index contributed by atoms with van der Waals surface area (Å²) in [5, 5.41) is 0. The highest BCUT2D eigenvalue weighted by molar-refractivity contribution is 7.91. The summed E-state index contributed by atoms with van der Waals surface area (Å²) in [5.74, 6) is -0.676.